The zero-order valence-corrected chi connectivity index (χ0v) is 21.4. The molecule has 4 rings (SSSR count). The van der Waals surface area contributed by atoms with Crippen molar-refractivity contribution in [3.8, 4) is 0 Å². The third kappa shape index (κ3) is 5.24. The van der Waals surface area contributed by atoms with E-state index in [9.17, 15) is 4.79 Å². The highest BCUT2D eigenvalue weighted by Gasteiger charge is 2.28. The number of benzene rings is 4. The molecule has 2 atom stereocenters. The molecule has 0 saturated heterocycles. The predicted octanol–water partition coefficient (Wildman–Crippen LogP) is 8.06. The van der Waals surface area contributed by atoms with Crippen molar-refractivity contribution >= 4 is 22.4 Å². The van der Waals surface area contributed by atoms with E-state index in [4.69, 9.17) is 0 Å². The normalized spacial score (nSPS) is 13.1. The van der Waals surface area contributed by atoms with Gasteiger partial charge in [-0.1, -0.05) is 91.9 Å². The van der Waals surface area contributed by atoms with Gasteiger partial charge in [-0.2, -0.15) is 0 Å². The molecule has 3 heteroatoms. The van der Waals surface area contributed by atoms with Gasteiger partial charge in [0.15, 0.2) is 0 Å². The molecule has 3 nitrogen and oxygen atoms in total. The molecule has 0 spiro atoms. The van der Waals surface area contributed by atoms with Crippen molar-refractivity contribution in [2.45, 2.75) is 58.7 Å². The summed E-state index contributed by atoms with van der Waals surface area (Å²) in [4.78, 5) is 15.7. The number of fused-ring (bicyclic) bond motifs is 1. The van der Waals surface area contributed by atoms with E-state index in [0.717, 1.165) is 16.8 Å². The lowest BCUT2D eigenvalue weighted by atomic mass is 9.85. The molecule has 4 aromatic carbocycles. The van der Waals surface area contributed by atoms with E-state index >= 15 is 0 Å². The van der Waals surface area contributed by atoms with Crippen LogP contribution >= 0.6 is 0 Å². The minimum absolute atomic E-state index is 0.0116. The topological polar surface area (TPSA) is 32.3 Å². The summed E-state index contributed by atoms with van der Waals surface area (Å²) in [6, 6.07) is 33.7. The molecule has 0 aliphatic heterocycles. The molecule has 4 aromatic rings. The maximum atomic E-state index is 13.8. The van der Waals surface area contributed by atoms with Crippen LogP contribution in [-0.2, 0) is 0 Å². The van der Waals surface area contributed by atoms with Crippen molar-refractivity contribution in [3.05, 3.63) is 114 Å². The Kier molecular flexibility index (Phi) is 7.55. The van der Waals surface area contributed by atoms with Gasteiger partial charge in [0.05, 0.1) is 6.04 Å². The van der Waals surface area contributed by atoms with Crippen LogP contribution in [0.5, 0.6) is 0 Å². The van der Waals surface area contributed by atoms with Gasteiger partial charge in [0, 0.05) is 34.6 Å². The number of nitrogens with one attached hydrogen (secondary N) is 1. The summed E-state index contributed by atoms with van der Waals surface area (Å²) in [7, 11) is 0. The molecular weight excluding hydrogens is 428 g/mol. The molecule has 0 aliphatic carbocycles. The Morgan fingerprint density at radius 3 is 2.00 bits per heavy atom. The van der Waals surface area contributed by atoms with Gasteiger partial charge in [0.2, 0.25) is 0 Å². The van der Waals surface area contributed by atoms with Gasteiger partial charge in [0.25, 0.3) is 5.91 Å². The van der Waals surface area contributed by atoms with Gasteiger partial charge >= 0.3 is 0 Å². The number of hydrogen-bond donors (Lipinski definition) is 1. The largest absolute Gasteiger partial charge is 0.377 e. The third-order valence-electron chi connectivity index (χ3n) is 6.79. The van der Waals surface area contributed by atoms with Crippen molar-refractivity contribution in [2.24, 2.45) is 0 Å². The van der Waals surface area contributed by atoms with E-state index in [1.54, 1.807) is 0 Å². The molecule has 1 N–H and O–H groups in total. The van der Waals surface area contributed by atoms with Crippen LogP contribution in [0.3, 0.4) is 0 Å². The molecule has 180 valence electrons. The van der Waals surface area contributed by atoms with Crippen LogP contribution in [-0.4, -0.2) is 22.9 Å². The summed E-state index contributed by atoms with van der Waals surface area (Å²) in [6.07, 6.45) is 0. The van der Waals surface area contributed by atoms with Gasteiger partial charge < -0.3 is 10.2 Å². The van der Waals surface area contributed by atoms with Crippen LogP contribution in [0.4, 0.5) is 5.69 Å². The molecule has 0 saturated carbocycles. The minimum atomic E-state index is -0.0116. The fraction of sp³-hybridized carbons (Fsp3) is 0.281. The molecule has 0 aliphatic rings. The summed E-state index contributed by atoms with van der Waals surface area (Å²) in [6.45, 7) is 10.5. The van der Waals surface area contributed by atoms with Crippen molar-refractivity contribution in [1.29, 1.82) is 0 Å². The lowest BCUT2D eigenvalue weighted by Gasteiger charge is -2.33. The van der Waals surface area contributed by atoms with Crippen LogP contribution in [0, 0.1) is 0 Å². The first-order chi connectivity index (χ1) is 16.9. The fourth-order valence-electron chi connectivity index (χ4n) is 5.15. The van der Waals surface area contributed by atoms with Crippen LogP contribution in [0.2, 0.25) is 0 Å². The number of hydrogen-bond acceptors (Lipinski definition) is 2. The van der Waals surface area contributed by atoms with E-state index in [2.05, 4.69) is 113 Å². The van der Waals surface area contributed by atoms with Crippen LogP contribution in [0.15, 0.2) is 97.1 Å². The number of amides is 1. The van der Waals surface area contributed by atoms with Crippen molar-refractivity contribution in [3.63, 3.8) is 0 Å². The van der Waals surface area contributed by atoms with Gasteiger partial charge in [0.1, 0.15) is 0 Å². The van der Waals surface area contributed by atoms with E-state index < -0.39 is 0 Å². The standard InChI is InChI=1S/C32H36N2O/c1-22(2)34(23(3)4)32(35)29-20-12-11-18-27(29)24(5)31(26-15-7-6-8-16-26)33-30-21-13-17-25-14-9-10-19-28(25)30/h6-24,31,33H,1-5H3/t24-,31+/m1/s1. The van der Waals surface area contributed by atoms with Crippen LogP contribution in [0.1, 0.15) is 68.1 Å². The number of rotatable bonds is 8. The highest BCUT2D eigenvalue weighted by Crippen LogP contribution is 2.37. The molecule has 35 heavy (non-hydrogen) atoms. The third-order valence-corrected chi connectivity index (χ3v) is 6.79. The Balaban J connectivity index is 1.78. The molecule has 0 fully saturated rings. The molecule has 0 aromatic heterocycles. The molecule has 0 unspecified atom stereocenters. The van der Waals surface area contributed by atoms with E-state index in [-0.39, 0.29) is 30.0 Å². The average molecular weight is 465 g/mol. The smallest absolute Gasteiger partial charge is 0.254 e. The second kappa shape index (κ2) is 10.8. The molecule has 0 radical (unpaired) electrons. The number of carbonyl (C=O) groups excluding carboxylic acids is 1. The van der Waals surface area contributed by atoms with E-state index in [1.165, 1.54) is 16.3 Å². The summed E-state index contributed by atoms with van der Waals surface area (Å²) in [5.74, 6) is 0.145. The number of carbonyl (C=O) groups is 1. The quantitative estimate of drug-likeness (QED) is 0.286. The van der Waals surface area contributed by atoms with Gasteiger partial charge in [-0.3, -0.25) is 4.79 Å². The van der Waals surface area contributed by atoms with E-state index in [1.807, 2.05) is 29.2 Å². The second-order valence-electron chi connectivity index (χ2n) is 9.84. The summed E-state index contributed by atoms with van der Waals surface area (Å²) in [5.41, 5.74) is 4.13. The van der Waals surface area contributed by atoms with Gasteiger partial charge in [-0.15, -0.1) is 0 Å². The Morgan fingerprint density at radius 1 is 0.686 bits per heavy atom. The summed E-state index contributed by atoms with van der Waals surface area (Å²) < 4.78 is 0. The summed E-state index contributed by atoms with van der Waals surface area (Å²) >= 11 is 0. The molecule has 1 amide bonds. The number of anilines is 1. The predicted molar refractivity (Wildman–Crippen MR) is 148 cm³/mol. The Hall–Kier alpha value is -3.59. The molecular formula is C32H36N2O. The monoisotopic (exact) mass is 464 g/mol. The zero-order chi connectivity index (χ0) is 24.9. The average Bonchev–Trinajstić information content (AvgIpc) is 2.87. The highest BCUT2D eigenvalue weighted by atomic mass is 16.2. The van der Waals surface area contributed by atoms with E-state index in [0.29, 0.717) is 0 Å². The number of nitrogens with zero attached hydrogens (tertiary/aromatic N) is 1. The zero-order valence-electron chi connectivity index (χ0n) is 21.4. The maximum absolute atomic E-state index is 13.8. The van der Waals surface area contributed by atoms with Crippen molar-refractivity contribution in [1.82, 2.24) is 4.90 Å². The van der Waals surface area contributed by atoms with Crippen LogP contribution < -0.4 is 5.32 Å². The summed E-state index contributed by atoms with van der Waals surface area (Å²) in [5, 5.41) is 6.25. The fourth-order valence-corrected chi connectivity index (χ4v) is 5.15. The first-order valence-electron chi connectivity index (χ1n) is 12.6. The lowest BCUT2D eigenvalue weighted by Crippen LogP contribution is -2.42. The Bertz CT molecular complexity index is 1270. The first kappa shape index (κ1) is 24.5. The second-order valence-corrected chi connectivity index (χ2v) is 9.84. The maximum Gasteiger partial charge on any atom is 0.254 e. The minimum Gasteiger partial charge on any atom is -0.377 e. The van der Waals surface area contributed by atoms with Crippen molar-refractivity contribution in [2.75, 3.05) is 5.32 Å². The highest BCUT2D eigenvalue weighted by molar-refractivity contribution is 5.96. The molecule has 0 bridgehead atoms. The first-order valence-corrected chi connectivity index (χ1v) is 12.6. The lowest BCUT2D eigenvalue weighted by molar-refractivity contribution is 0.0642. The SMILES string of the molecule is CC(C)N(C(=O)c1ccccc1[C@@H](C)[C@H](Nc1cccc2ccccc12)c1ccccc1)C(C)C. The van der Waals surface area contributed by atoms with Gasteiger partial charge in [-0.25, -0.2) is 0 Å². The Labute approximate surface area is 209 Å². The van der Waals surface area contributed by atoms with Crippen molar-refractivity contribution < 1.29 is 4.79 Å². The van der Waals surface area contributed by atoms with Crippen LogP contribution in [0.25, 0.3) is 10.8 Å². The van der Waals surface area contributed by atoms with Gasteiger partial charge in [-0.05, 0) is 56.3 Å². The molecule has 0 heterocycles. The Morgan fingerprint density at radius 2 is 1.29 bits per heavy atom.